The molecule has 4 rings (SSSR count). The van der Waals surface area contributed by atoms with E-state index in [1.54, 1.807) is 18.2 Å². The highest BCUT2D eigenvalue weighted by atomic mass is 19.1. The van der Waals surface area contributed by atoms with E-state index in [0.717, 1.165) is 25.1 Å². The van der Waals surface area contributed by atoms with Crippen molar-refractivity contribution in [1.82, 2.24) is 14.6 Å². The summed E-state index contributed by atoms with van der Waals surface area (Å²) < 4.78 is 14.3. The lowest BCUT2D eigenvalue weighted by atomic mass is 9.99. The fourth-order valence-corrected chi connectivity index (χ4v) is 3.12. The molecule has 122 valence electrons. The Labute approximate surface area is 136 Å². The van der Waals surface area contributed by atoms with Gasteiger partial charge in [-0.25, -0.2) is 9.37 Å². The van der Waals surface area contributed by atoms with Crippen LogP contribution < -0.4 is 4.90 Å². The first-order chi connectivity index (χ1) is 11.6. The minimum Gasteiger partial charge on any atom is -0.358 e. The monoisotopic (exact) mass is 327 g/mol. The number of halogens is 1. The number of nitrogens with zero attached hydrogens (tertiary/aromatic N) is 5. The lowest BCUT2D eigenvalue weighted by Crippen LogP contribution is -2.21. The van der Waals surface area contributed by atoms with Crippen LogP contribution in [0.4, 0.5) is 16.0 Å². The Morgan fingerprint density at radius 3 is 2.75 bits per heavy atom. The van der Waals surface area contributed by atoms with Gasteiger partial charge in [-0.1, -0.05) is 21.7 Å². The van der Waals surface area contributed by atoms with Gasteiger partial charge in [0, 0.05) is 25.1 Å². The molecule has 0 radical (unpaired) electrons. The van der Waals surface area contributed by atoms with Crippen molar-refractivity contribution in [3.8, 4) is 0 Å². The predicted octanol–water partition coefficient (Wildman–Crippen LogP) is 2.77. The van der Waals surface area contributed by atoms with Crippen LogP contribution in [0.2, 0.25) is 0 Å². The first-order valence-electron chi connectivity index (χ1n) is 7.61. The SMILES string of the molecule is O=[N+]([O-])c1cnc2ccc(N3CCC(c4ccc(F)cc4)C3)nn12. The number of imidazole rings is 1. The van der Waals surface area contributed by atoms with E-state index in [4.69, 9.17) is 0 Å². The molecule has 1 saturated heterocycles. The van der Waals surface area contributed by atoms with Gasteiger partial charge in [0.05, 0.1) is 0 Å². The molecule has 1 fully saturated rings. The van der Waals surface area contributed by atoms with E-state index < -0.39 is 4.92 Å². The van der Waals surface area contributed by atoms with E-state index in [1.807, 2.05) is 6.07 Å². The number of hydrogen-bond donors (Lipinski definition) is 0. The van der Waals surface area contributed by atoms with Crippen LogP contribution in [0.3, 0.4) is 0 Å². The van der Waals surface area contributed by atoms with Crippen LogP contribution in [0.5, 0.6) is 0 Å². The van der Waals surface area contributed by atoms with Crippen molar-refractivity contribution in [3.63, 3.8) is 0 Å². The average molecular weight is 327 g/mol. The zero-order valence-electron chi connectivity index (χ0n) is 12.7. The Morgan fingerprint density at radius 1 is 1.21 bits per heavy atom. The maximum atomic E-state index is 13.1. The van der Waals surface area contributed by atoms with Gasteiger partial charge in [-0.15, -0.1) is 0 Å². The van der Waals surface area contributed by atoms with Gasteiger partial charge >= 0.3 is 5.82 Å². The highest BCUT2D eigenvalue weighted by Crippen LogP contribution is 2.30. The van der Waals surface area contributed by atoms with E-state index in [-0.39, 0.29) is 11.6 Å². The van der Waals surface area contributed by atoms with Gasteiger partial charge < -0.3 is 15.0 Å². The topological polar surface area (TPSA) is 76.6 Å². The van der Waals surface area contributed by atoms with Crippen LogP contribution in [0.15, 0.2) is 42.6 Å². The molecule has 0 saturated carbocycles. The summed E-state index contributed by atoms with van der Waals surface area (Å²) in [6.07, 6.45) is 2.13. The fraction of sp³-hybridized carbons (Fsp3) is 0.250. The lowest BCUT2D eigenvalue weighted by Gasteiger charge is -2.16. The van der Waals surface area contributed by atoms with Gasteiger partial charge in [0.1, 0.15) is 12.0 Å². The Bertz CT molecular complexity index is 908. The molecule has 3 heterocycles. The molecule has 1 aliphatic rings. The Kier molecular flexibility index (Phi) is 3.37. The molecule has 24 heavy (non-hydrogen) atoms. The molecule has 8 heteroatoms. The fourth-order valence-electron chi connectivity index (χ4n) is 3.12. The zero-order chi connectivity index (χ0) is 16.7. The second kappa shape index (κ2) is 5.55. The van der Waals surface area contributed by atoms with Crippen molar-refractivity contribution in [2.45, 2.75) is 12.3 Å². The maximum Gasteiger partial charge on any atom is 0.368 e. The summed E-state index contributed by atoms with van der Waals surface area (Å²) in [4.78, 5) is 16.6. The Hall–Kier alpha value is -3.03. The average Bonchev–Trinajstić information content (AvgIpc) is 3.22. The smallest absolute Gasteiger partial charge is 0.358 e. The molecule has 0 bridgehead atoms. The number of benzene rings is 1. The third-order valence-corrected chi connectivity index (χ3v) is 4.37. The number of anilines is 1. The summed E-state index contributed by atoms with van der Waals surface area (Å²) in [5.74, 6) is 0.573. The van der Waals surface area contributed by atoms with Gasteiger partial charge in [0.2, 0.25) is 5.65 Å². The highest BCUT2D eigenvalue weighted by molar-refractivity contribution is 5.50. The molecular weight excluding hydrogens is 313 g/mol. The summed E-state index contributed by atoms with van der Waals surface area (Å²) in [6.45, 7) is 1.54. The van der Waals surface area contributed by atoms with Gasteiger partial charge in [-0.05, 0) is 35.1 Å². The summed E-state index contributed by atoms with van der Waals surface area (Å²) in [7, 11) is 0. The summed E-state index contributed by atoms with van der Waals surface area (Å²) >= 11 is 0. The molecule has 0 N–H and O–H groups in total. The quantitative estimate of drug-likeness (QED) is 0.546. The molecular formula is C16H14FN5O2. The number of aromatic nitrogens is 3. The lowest BCUT2D eigenvalue weighted by molar-refractivity contribution is -0.391. The van der Waals surface area contributed by atoms with Crippen LogP contribution in [-0.2, 0) is 0 Å². The summed E-state index contributed by atoms with van der Waals surface area (Å²) in [6, 6.07) is 10.1. The molecule has 1 aromatic carbocycles. The van der Waals surface area contributed by atoms with Gasteiger partial charge in [-0.3, -0.25) is 0 Å². The molecule has 7 nitrogen and oxygen atoms in total. The molecule has 1 unspecified atom stereocenters. The van der Waals surface area contributed by atoms with Crippen LogP contribution in [0.25, 0.3) is 5.65 Å². The van der Waals surface area contributed by atoms with Crippen molar-refractivity contribution in [1.29, 1.82) is 0 Å². The van der Waals surface area contributed by atoms with E-state index >= 15 is 0 Å². The Morgan fingerprint density at radius 2 is 2.00 bits per heavy atom. The molecule has 3 aromatic rings. The number of fused-ring (bicyclic) bond motifs is 1. The van der Waals surface area contributed by atoms with Crippen LogP contribution >= 0.6 is 0 Å². The van der Waals surface area contributed by atoms with E-state index in [2.05, 4.69) is 15.0 Å². The molecule has 0 spiro atoms. The number of nitro groups is 1. The summed E-state index contributed by atoms with van der Waals surface area (Å²) in [5.41, 5.74) is 1.54. The van der Waals surface area contributed by atoms with Gasteiger partial charge in [0.15, 0.2) is 5.82 Å². The molecule has 0 aliphatic carbocycles. The van der Waals surface area contributed by atoms with Crippen molar-refractivity contribution in [2.24, 2.45) is 0 Å². The summed E-state index contributed by atoms with van der Waals surface area (Å²) in [5, 5.41) is 15.4. The second-order valence-electron chi connectivity index (χ2n) is 5.82. The molecule has 1 aliphatic heterocycles. The van der Waals surface area contributed by atoms with Crippen LogP contribution in [0.1, 0.15) is 17.9 Å². The first kappa shape index (κ1) is 14.6. The Balaban J connectivity index is 1.60. The van der Waals surface area contributed by atoms with Crippen molar-refractivity contribution < 1.29 is 9.31 Å². The van der Waals surface area contributed by atoms with Gasteiger partial charge in [0.25, 0.3) is 0 Å². The number of hydrogen-bond acceptors (Lipinski definition) is 5. The molecule has 0 amide bonds. The second-order valence-corrected chi connectivity index (χ2v) is 5.82. The van der Waals surface area contributed by atoms with Crippen molar-refractivity contribution >= 4 is 17.3 Å². The highest BCUT2D eigenvalue weighted by Gasteiger charge is 2.26. The van der Waals surface area contributed by atoms with Gasteiger partial charge in [-0.2, -0.15) is 0 Å². The largest absolute Gasteiger partial charge is 0.368 e. The van der Waals surface area contributed by atoms with Crippen molar-refractivity contribution in [3.05, 3.63) is 64.1 Å². The van der Waals surface area contributed by atoms with E-state index in [9.17, 15) is 14.5 Å². The predicted molar refractivity (Wildman–Crippen MR) is 85.6 cm³/mol. The van der Waals surface area contributed by atoms with Crippen molar-refractivity contribution in [2.75, 3.05) is 18.0 Å². The molecule has 2 aromatic heterocycles. The van der Waals surface area contributed by atoms with Crippen LogP contribution in [0, 0.1) is 15.9 Å². The first-order valence-corrected chi connectivity index (χ1v) is 7.61. The van der Waals surface area contributed by atoms with Crippen LogP contribution in [-0.4, -0.2) is 32.6 Å². The maximum absolute atomic E-state index is 13.1. The minimum atomic E-state index is -0.498. The van der Waals surface area contributed by atoms with E-state index in [1.165, 1.54) is 22.8 Å². The third-order valence-electron chi connectivity index (χ3n) is 4.37. The van der Waals surface area contributed by atoms with E-state index in [0.29, 0.717) is 17.4 Å². The minimum absolute atomic E-state index is 0.152. The molecule has 1 atom stereocenters. The number of rotatable bonds is 3. The standard InChI is InChI=1S/C16H14FN5O2/c17-13-3-1-11(2-4-13)12-7-8-20(10-12)15-6-5-14-18-9-16(22(23)24)21(14)19-15/h1-6,9,12H,7-8,10H2. The zero-order valence-corrected chi connectivity index (χ0v) is 12.7. The normalized spacial score (nSPS) is 17.5. The third kappa shape index (κ3) is 2.45.